The Hall–Kier alpha value is -0.277. The van der Waals surface area contributed by atoms with Gasteiger partial charge in [0.25, 0.3) is 5.69 Å². The molecule has 0 aliphatic rings. The second kappa shape index (κ2) is 4.57. The number of para-hydroxylation sites is 1. The van der Waals surface area contributed by atoms with Crippen molar-refractivity contribution in [2.45, 2.75) is 0 Å². The first-order valence-corrected chi connectivity index (χ1v) is 3.40. The first-order chi connectivity index (χ1) is 4.72. The molecule has 0 spiro atoms. The number of nitro benzene ring substituents is 1. The quantitative estimate of drug-likeness (QED) is 0.445. The molecule has 0 radical (unpaired) electrons. The second-order valence-corrected chi connectivity index (χ2v) is 2.56. The van der Waals surface area contributed by atoms with Crippen molar-refractivity contribution in [3.8, 4) is 0 Å². The van der Waals surface area contributed by atoms with Crippen LogP contribution in [0, 0.1) is 10.1 Å². The molecule has 1 aromatic carbocycles. The van der Waals surface area contributed by atoms with Crippen LogP contribution in [0.3, 0.4) is 0 Å². The van der Waals surface area contributed by atoms with E-state index >= 15 is 0 Å². The number of nitro groups is 1. The summed E-state index contributed by atoms with van der Waals surface area (Å²) in [6.07, 6.45) is 0. The van der Waals surface area contributed by atoms with Crippen LogP contribution in [0.5, 0.6) is 0 Å². The van der Waals surface area contributed by atoms with Crippen molar-refractivity contribution in [2.75, 3.05) is 0 Å². The van der Waals surface area contributed by atoms with Gasteiger partial charge in [0.1, 0.15) is 0 Å². The molecular weight excluding hydrogens is 263 g/mol. The minimum atomic E-state index is -0.427. The van der Waals surface area contributed by atoms with Gasteiger partial charge in [-0.15, -0.1) is 0 Å². The third kappa shape index (κ3) is 2.68. The first-order valence-electron chi connectivity index (χ1n) is 2.61. The van der Waals surface area contributed by atoms with Gasteiger partial charge < -0.3 is 0 Å². The Morgan fingerprint density at radius 3 is 2.27 bits per heavy atom. The van der Waals surface area contributed by atoms with Crippen LogP contribution in [0.1, 0.15) is 0 Å². The molecule has 0 bridgehead atoms. The molecule has 0 saturated carbocycles. The molecule has 0 aliphatic heterocycles. The smallest absolute Gasteiger partial charge is 0.258 e. The molecule has 0 amide bonds. The van der Waals surface area contributed by atoms with E-state index in [0.29, 0.717) is 4.47 Å². The predicted molar refractivity (Wildman–Crippen MR) is 40.8 cm³/mol. The maximum atomic E-state index is 10.2. The second-order valence-electron chi connectivity index (χ2n) is 1.71. The number of rotatable bonds is 1. The first kappa shape index (κ1) is 10.7. The van der Waals surface area contributed by atoms with Crippen LogP contribution in [-0.2, 0) is 19.5 Å². The Bertz CT molecular complexity index is 267. The van der Waals surface area contributed by atoms with Gasteiger partial charge >= 0.3 is 0 Å². The van der Waals surface area contributed by atoms with Crippen LogP contribution in [-0.4, -0.2) is 4.92 Å². The molecule has 54 valence electrons. The Morgan fingerprint density at radius 2 is 1.91 bits per heavy atom. The molecule has 0 saturated heterocycles. The maximum Gasteiger partial charge on any atom is 0.283 e. The summed E-state index contributed by atoms with van der Waals surface area (Å²) in [5, 5.41) is 10.2. The molecule has 0 aromatic heterocycles. The van der Waals surface area contributed by atoms with E-state index in [1.165, 1.54) is 6.07 Å². The van der Waals surface area contributed by atoms with Gasteiger partial charge in [-0.25, -0.2) is 0 Å². The van der Waals surface area contributed by atoms with E-state index in [1.54, 1.807) is 18.2 Å². The van der Waals surface area contributed by atoms with Crippen molar-refractivity contribution in [2.24, 2.45) is 0 Å². The third-order valence-electron chi connectivity index (χ3n) is 1.05. The van der Waals surface area contributed by atoms with E-state index in [4.69, 9.17) is 0 Å². The fraction of sp³-hybridized carbons (Fsp3) is 0. The third-order valence-corrected chi connectivity index (χ3v) is 1.72. The van der Waals surface area contributed by atoms with E-state index in [2.05, 4.69) is 15.9 Å². The van der Waals surface area contributed by atoms with Crippen molar-refractivity contribution in [3.63, 3.8) is 0 Å². The molecule has 3 nitrogen and oxygen atoms in total. The topological polar surface area (TPSA) is 43.1 Å². The summed E-state index contributed by atoms with van der Waals surface area (Å²) < 4.78 is 0.514. The van der Waals surface area contributed by atoms with Crippen molar-refractivity contribution >= 4 is 21.6 Å². The molecule has 0 aliphatic carbocycles. The van der Waals surface area contributed by atoms with Gasteiger partial charge in [-0.3, -0.25) is 10.1 Å². The average molecular weight is 267 g/mol. The molecule has 11 heavy (non-hydrogen) atoms. The van der Waals surface area contributed by atoms with Gasteiger partial charge in [-0.1, -0.05) is 12.1 Å². The SMILES string of the molecule is O=[N+]([O-])c1ccccc1Br.[Zn]. The summed E-state index contributed by atoms with van der Waals surface area (Å²) >= 11 is 3.06. The Labute approximate surface area is 84.8 Å². The van der Waals surface area contributed by atoms with Gasteiger partial charge in [-0.05, 0) is 22.0 Å². The number of hydrogen-bond acceptors (Lipinski definition) is 2. The van der Waals surface area contributed by atoms with Crippen LogP contribution in [0.2, 0.25) is 0 Å². The van der Waals surface area contributed by atoms with E-state index in [9.17, 15) is 10.1 Å². The van der Waals surface area contributed by atoms with E-state index < -0.39 is 4.92 Å². The fourth-order valence-corrected chi connectivity index (χ4v) is 1.03. The Balaban J connectivity index is 0.000001000. The molecule has 0 atom stereocenters. The van der Waals surface area contributed by atoms with Gasteiger partial charge in [0, 0.05) is 25.5 Å². The van der Waals surface area contributed by atoms with Gasteiger partial charge in [-0.2, -0.15) is 0 Å². The van der Waals surface area contributed by atoms with Gasteiger partial charge in [0.05, 0.1) is 9.40 Å². The molecule has 1 aromatic rings. The number of halogens is 1. The van der Waals surface area contributed by atoms with Crippen molar-refractivity contribution in [3.05, 3.63) is 38.9 Å². The van der Waals surface area contributed by atoms with Crippen LogP contribution in [0.4, 0.5) is 5.69 Å². The number of hydrogen-bond donors (Lipinski definition) is 0. The fourth-order valence-electron chi connectivity index (χ4n) is 0.600. The summed E-state index contributed by atoms with van der Waals surface area (Å²) in [4.78, 5) is 9.77. The minimum Gasteiger partial charge on any atom is -0.258 e. The van der Waals surface area contributed by atoms with Crippen molar-refractivity contribution < 1.29 is 24.4 Å². The molecular formula is C6H4BrNO2Zn. The molecule has 0 fully saturated rings. The average Bonchev–Trinajstić information content (AvgIpc) is 1.88. The molecule has 0 heterocycles. The van der Waals surface area contributed by atoms with Crippen molar-refractivity contribution in [1.29, 1.82) is 0 Å². The molecule has 0 N–H and O–H groups in total. The summed E-state index contributed by atoms with van der Waals surface area (Å²) in [5.74, 6) is 0. The van der Waals surface area contributed by atoms with Crippen LogP contribution in [0.15, 0.2) is 28.7 Å². The van der Waals surface area contributed by atoms with Gasteiger partial charge in [0.15, 0.2) is 0 Å². The molecule has 0 unspecified atom stereocenters. The summed E-state index contributed by atoms with van der Waals surface area (Å²) in [7, 11) is 0. The standard InChI is InChI=1S/C6H4BrNO2.Zn/c7-5-3-1-2-4-6(5)8(9)10;/h1-4H;. The van der Waals surface area contributed by atoms with Crippen molar-refractivity contribution in [1.82, 2.24) is 0 Å². The zero-order chi connectivity index (χ0) is 7.56. The Morgan fingerprint density at radius 1 is 1.36 bits per heavy atom. The zero-order valence-corrected chi connectivity index (χ0v) is 10.2. The maximum absolute atomic E-state index is 10.2. The van der Waals surface area contributed by atoms with Crippen LogP contribution >= 0.6 is 15.9 Å². The van der Waals surface area contributed by atoms with E-state index in [-0.39, 0.29) is 25.2 Å². The minimum absolute atomic E-state index is 0. The largest absolute Gasteiger partial charge is 0.283 e. The number of benzene rings is 1. The summed E-state index contributed by atoms with van der Waals surface area (Å²) in [5.41, 5.74) is 0.0995. The van der Waals surface area contributed by atoms with E-state index in [1.807, 2.05) is 0 Å². The van der Waals surface area contributed by atoms with Gasteiger partial charge in [0.2, 0.25) is 0 Å². The monoisotopic (exact) mass is 265 g/mol. The Kier molecular flexibility index (Phi) is 4.46. The summed E-state index contributed by atoms with van der Waals surface area (Å²) in [6.45, 7) is 0. The van der Waals surface area contributed by atoms with E-state index in [0.717, 1.165) is 0 Å². The molecule has 1 rings (SSSR count). The predicted octanol–water partition coefficient (Wildman–Crippen LogP) is 2.35. The normalized spacial score (nSPS) is 8.45. The summed E-state index contributed by atoms with van der Waals surface area (Å²) in [6, 6.07) is 6.45. The van der Waals surface area contributed by atoms with Crippen LogP contribution in [0.25, 0.3) is 0 Å². The van der Waals surface area contributed by atoms with Crippen LogP contribution < -0.4 is 0 Å². The zero-order valence-electron chi connectivity index (χ0n) is 5.66. The number of nitrogens with zero attached hydrogens (tertiary/aromatic N) is 1. The molecule has 5 heteroatoms.